The van der Waals surface area contributed by atoms with Crippen LogP contribution >= 0.6 is 0 Å². The summed E-state index contributed by atoms with van der Waals surface area (Å²) in [7, 11) is 0. The van der Waals surface area contributed by atoms with E-state index in [4.69, 9.17) is 0 Å². The third kappa shape index (κ3) is 4.30. The molecule has 0 aliphatic rings. The lowest BCUT2D eigenvalue weighted by Crippen LogP contribution is -2.06. The zero-order valence-corrected chi connectivity index (χ0v) is 11.0. The molecule has 0 atom stereocenters. The molecule has 2 rings (SSSR count). The minimum atomic E-state index is -4.27. The molecule has 0 bridgehead atoms. The zero-order valence-electron chi connectivity index (χ0n) is 11.0. The minimum absolute atomic E-state index is 0.578. The number of rotatable bonds is 5. The van der Waals surface area contributed by atoms with Gasteiger partial charge in [-0.1, -0.05) is 36.4 Å². The van der Waals surface area contributed by atoms with Gasteiger partial charge in [0, 0.05) is 12.2 Å². The Hall–Kier alpha value is -1.97. The number of anilines is 1. The Morgan fingerprint density at radius 1 is 0.900 bits per heavy atom. The van der Waals surface area contributed by atoms with Crippen LogP contribution in [0, 0.1) is 0 Å². The first-order chi connectivity index (χ1) is 9.55. The van der Waals surface area contributed by atoms with Crippen molar-refractivity contribution in [2.45, 2.75) is 19.0 Å². The van der Waals surface area contributed by atoms with Crippen LogP contribution in [0.3, 0.4) is 0 Å². The predicted octanol–water partition coefficient (Wildman–Crippen LogP) is 4.75. The third-order valence-corrected chi connectivity index (χ3v) is 3.00. The smallest absolute Gasteiger partial charge is 0.385 e. The van der Waals surface area contributed by atoms with E-state index in [0.29, 0.717) is 6.42 Å². The lowest BCUT2D eigenvalue weighted by molar-refractivity contribution is -0.137. The molecule has 2 aromatic rings. The molecule has 0 heterocycles. The number of hydrogen-bond donors (Lipinski definition) is 1. The molecule has 0 spiro atoms. The summed E-state index contributed by atoms with van der Waals surface area (Å²) in [5, 5.41) is 3.24. The third-order valence-electron chi connectivity index (χ3n) is 3.00. The van der Waals surface area contributed by atoms with Gasteiger partial charge in [-0.05, 0) is 36.6 Å². The van der Waals surface area contributed by atoms with Crippen LogP contribution in [0.2, 0.25) is 0 Å². The summed E-state index contributed by atoms with van der Waals surface area (Å²) < 4.78 is 37.7. The Labute approximate surface area is 116 Å². The van der Waals surface area contributed by atoms with Crippen molar-refractivity contribution >= 4 is 5.69 Å². The average Bonchev–Trinajstić information content (AvgIpc) is 2.44. The van der Waals surface area contributed by atoms with Crippen LogP contribution in [-0.4, -0.2) is 6.54 Å². The van der Waals surface area contributed by atoms with E-state index >= 15 is 0 Å². The maximum Gasteiger partial charge on any atom is 0.416 e. The second-order valence-corrected chi connectivity index (χ2v) is 4.59. The van der Waals surface area contributed by atoms with Crippen LogP contribution in [0.4, 0.5) is 18.9 Å². The van der Waals surface area contributed by atoms with Gasteiger partial charge in [-0.3, -0.25) is 0 Å². The molecular weight excluding hydrogens is 263 g/mol. The van der Waals surface area contributed by atoms with Gasteiger partial charge in [0.15, 0.2) is 0 Å². The topological polar surface area (TPSA) is 12.0 Å². The van der Waals surface area contributed by atoms with E-state index < -0.39 is 11.7 Å². The van der Waals surface area contributed by atoms with E-state index in [-0.39, 0.29) is 0 Å². The molecule has 4 heteroatoms. The molecule has 0 saturated heterocycles. The molecule has 1 nitrogen and oxygen atoms in total. The maximum atomic E-state index is 12.6. The van der Waals surface area contributed by atoms with Crippen molar-refractivity contribution in [2.24, 2.45) is 0 Å². The van der Waals surface area contributed by atoms with E-state index in [1.54, 1.807) is 6.07 Å². The second-order valence-electron chi connectivity index (χ2n) is 4.59. The number of alkyl halides is 3. The lowest BCUT2D eigenvalue weighted by atomic mass is 10.1. The van der Waals surface area contributed by atoms with Gasteiger partial charge >= 0.3 is 6.18 Å². The minimum Gasteiger partial charge on any atom is -0.385 e. The number of halogens is 3. The molecule has 106 valence electrons. The SMILES string of the molecule is FC(F)(F)c1cccc(CCCNc2ccccc2)c1. The van der Waals surface area contributed by atoms with Crippen molar-refractivity contribution in [1.82, 2.24) is 0 Å². The molecule has 0 aliphatic heterocycles. The van der Waals surface area contributed by atoms with Crippen molar-refractivity contribution in [2.75, 3.05) is 11.9 Å². The Balaban J connectivity index is 1.83. The maximum absolute atomic E-state index is 12.6. The Bertz CT molecular complexity index is 535. The molecule has 20 heavy (non-hydrogen) atoms. The first-order valence-electron chi connectivity index (χ1n) is 6.51. The van der Waals surface area contributed by atoms with Crippen molar-refractivity contribution in [3.8, 4) is 0 Å². The van der Waals surface area contributed by atoms with Crippen LogP contribution in [0.1, 0.15) is 17.5 Å². The summed E-state index contributed by atoms with van der Waals surface area (Å²) in [6, 6.07) is 15.3. The predicted molar refractivity (Wildman–Crippen MR) is 74.7 cm³/mol. The molecule has 0 saturated carbocycles. The summed E-state index contributed by atoms with van der Waals surface area (Å²) in [6.45, 7) is 0.736. The average molecular weight is 279 g/mol. The standard InChI is InChI=1S/C16H16F3N/c17-16(18,19)14-8-4-6-13(12-14)7-5-11-20-15-9-2-1-3-10-15/h1-4,6,8-10,12,20H,5,7,11H2. The van der Waals surface area contributed by atoms with Gasteiger partial charge < -0.3 is 5.32 Å². The Morgan fingerprint density at radius 3 is 2.35 bits per heavy atom. The van der Waals surface area contributed by atoms with Crippen molar-refractivity contribution in [1.29, 1.82) is 0 Å². The van der Waals surface area contributed by atoms with Gasteiger partial charge in [0.2, 0.25) is 0 Å². The molecule has 1 N–H and O–H groups in total. The lowest BCUT2D eigenvalue weighted by Gasteiger charge is -2.09. The summed E-state index contributed by atoms with van der Waals surface area (Å²) in [5.41, 5.74) is 1.16. The van der Waals surface area contributed by atoms with E-state index in [0.717, 1.165) is 30.3 Å². The highest BCUT2D eigenvalue weighted by Gasteiger charge is 2.30. The largest absolute Gasteiger partial charge is 0.416 e. The van der Waals surface area contributed by atoms with Gasteiger partial charge in [-0.25, -0.2) is 0 Å². The van der Waals surface area contributed by atoms with Crippen LogP contribution in [0.15, 0.2) is 54.6 Å². The first kappa shape index (κ1) is 14.4. The monoisotopic (exact) mass is 279 g/mol. The van der Waals surface area contributed by atoms with E-state index in [2.05, 4.69) is 5.32 Å². The highest BCUT2D eigenvalue weighted by molar-refractivity contribution is 5.42. The summed E-state index contributed by atoms with van der Waals surface area (Å²) >= 11 is 0. The highest BCUT2D eigenvalue weighted by Crippen LogP contribution is 2.29. The summed E-state index contributed by atoms with van der Waals surface area (Å²) in [4.78, 5) is 0. The zero-order chi connectivity index (χ0) is 14.4. The number of benzene rings is 2. The van der Waals surface area contributed by atoms with Gasteiger partial charge in [-0.2, -0.15) is 13.2 Å². The van der Waals surface area contributed by atoms with E-state index in [1.165, 1.54) is 12.1 Å². The van der Waals surface area contributed by atoms with Crippen LogP contribution in [0.5, 0.6) is 0 Å². The highest BCUT2D eigenvalue weighted by atomic mass is 19.4. The van der Waals surface area contributed by atoms with Crippen LogP contribution < -0.4 is 5.32 Å². The van der Waals surface area contributed by atoms with Crippen molar-refractivity contribution < 1.29 is 13.2 Å². The number of hydrogen-bond acceptors (Lipinski definition) is 1. The summed E-state index contributed by atoms with van der Waals surface area (Å²) in [6.07, 6.45) is -2.85. The van der Waals surface area contributed by atoms with Gasteiger partial charge in [0.05, 0.1) is 5.56 Å². The van der Waals surface area contributed by atoms with E-state index in [1.807, 2.05) is 30.3 Å². The molecule has 0 fully saturated rings. The van der Waals surface area contributed by atoms with Crippen molar-refractivity contribution in [3.05, 3.63) is 65.7 Å². The van der Waals surface area contributed by atoms with Crippen LogP contribution in [-0.2, 0) is 12.6 Å². The quantitative estimate of drug-likeness (QED) is 0.779. The number of para-hydroxylation sites is 1. The molecule has 0 unspecified atom stereocenters. The normalized spacial score (nSPS) is 11.3. The summed E-state index contributed by atoms with van der Waals surface area (Å²) in [5.74, 6) is 0. The van der Waals surface area contributed by atoms with Gasteiger partial charge in [0.1, 0.15) is 0 Å². The Morgan fingerprint density at radius 2 is 1.65 bits per heavy atom. The van der Waals surface area contributed by atoms with E-state index in [9.17, 15) is 13.2 Å². The van der Waals surface area contributed by atoms with Crippen molar-refractivity contribution in [3.63, 3.8) is 0 Å². The first-order valence-corrected chi connectivity index (χ1v) is 6.51. The fourth-order valence-electron chi connectivity index (χ4n) is 1.98. The Kier molecular flexibility index (Phi) is 4.66. The molecular formula is C16H16F3N. The number of aryl methyl sites for hydroxylation is 1. The second kappa shape index (κ2) is 6.46. The molecule has 0 aliphatic carbocycles. The van der Waals surface area contributed by atoms with Gasteiger partial charge in [-0.15, -0.1) is 0 Å². The molecule has 0 amide bonds. The fourth-order valence-corrected chi connectivity index (χ4v) is 1.98. The van der Waals surface area contributed by atoms with Gasteiger partial charge in [0.25, 0.3) is 0 Å². The molecule has 0 radical (unpaired) electrons. The fraction of sp³-hybridized carbons (Fsp3) is 0.250. The molecule has 2 aromatic carbocycles. The molecule has 0 aromatic heterocycles. The number of nitrogens with one attached hydrogen (secondary N) is 1. The van der Waals surface area contributed by atoms with Crippen LogP contribution in [0.25, 0.3) is 0 Å².